The Morgan fingerprint density at radius 1 is 1.21 bits per heavy atom. The second kappa shape index (κ2) is 8.76. The first-order valence-electron chi connectivity index (χ1n) is 9.80. The molecule has 0 bridgehead atoms. The van der Waals surface area contributed by atoms with Crippen LogP contribution in [0.1, 0.15) is 37.0 Å². The number of hydrogen-bond acceptors (Lipinski definition) is 6. The van der Waals surface area contributed by atoms with Crippen molar-refractivity contribution in [1.82, 2.24) is 9.97 Å². The summed E-state index contributed by atoms with van der Waals surface area (Å²) < 4.78 is 81.3. The minimum absolute atomic E-state index is 0.130. The maximum absolute atomic E-state index is 13.5. The van der Waals surface area contributed by atoms with E-state index >= 15 is 0 Å². The highest BCUT2D eigenvalue weighted by molar-refractivity contribution is 5.97. The van der Waals surface area contributed by atoms with Gasteiger partial charge in [0.15, 0.2) is 5.82 Å². The Balaban J connectivity index is 1.93. The number of aliphatic hydroxyl groups is 1. The lowest BCUT2D eigenvalue weighted by molar-refractivity contribution is -0.885. The highest BCUT2D eigenvalue weighted by atomic mass is 19.4. The molecule has 2 aromatic heterocycles. The molecule has 0 aromatic carbocycles. The van der Waals surface area contributed by atoms with Crippen LogP contribution in [0.2, 0.25) is 0 Å². The molecule has 0 amide bonds. The van der Waals surface area contributed by atoms with Gasteiger partial charge in [0.05, 0.1) is 11.1 Å². The molecule has 1 atom stereocenters. The predicted molar refractivity (Wildman–Crippen MR) is 105 cm³/mol. The van der Waals surface area contributed by atoms with Crippen molar-refractivity contribution >= 4 is 17.5 Å². The van der Waals surface area contributed by atoms with Gasteiger partial charge in [0.1, 0.15) is 12.7 Å². The van der Waals surface area contributed by atoms with E-state index in [9.17, 15) is 31.4 Å². The molecule has 3 rings (SSSR count). The number of aromatic nitrogens is 3. The molecular formula is C20H22F6N5O2+. The Hall–Kier alpha value is -2.96. The van der Waals surface area contributed by atoms with Crippen molar-refractivity contribution in [2.45, 2.75) is 39.2 Å². The van der Waals surface area contributed by atoms with Crippen LogP contribution in [0.25, 0.3) is 0 Å². The Bertz CT molecular complexity index is 1050. The minimum atomic E-state index is -4.78. The van der Waals surface area contributed by atoms with Gasteiger partial charge < -0.3 is 10.4 Å². The predicted octanol–water partition coefficient (Wildman–Crippen LogP) is 3.58. The van der Waals surface area contributed by atoms with E-state index in [1.165, 1.54) is 7.11 Å². The first kappa shape index (κ1) is 24.7. The van der Waals surface area contributed by atoms with E-state index in [4.69, 9.17) is 4.84 Å². The summed E-state index contributed by atoms with van der Waals surface area (Å²) in [7, 11) is 1.26. The van der Waals surface area contributed by atoms with Gasteiger partial charge in [-0.25, -0.2) is 9.98 Å². The lowest BCUT2D eigenvalue weighted by Gasteiger charge is -2.45. The van der Waals surface area contributed by atoms with E-state index in [-0.39, 0.29) is 24.0 Å². The number of nitrogens with one attached hydrogen (secondary N) is 1. The van der Waals surface area contributed by atoms with E-state index in [1.807, 2.05) is 0 Å². The fourth-order valence-corrected chi connectivity index (χ4v) is 3.44. The van der Waals surface area contributed by atoms with Crippen LogP contribution in [0.5, 0.6) is 0 Å². The van der Waals surface area contributed by atoms with E-state index in [2.05, 4.69) is 20.3 Å². The standard InChI is InChI=1S/C20H22F6N5O2/c1-18(2)12(10-32)6-15(18)29-16-14(20(24,25)26)8-28-17(30-16)27-7-11-9-31(33-3)5-4-13(11)19(21,22)23/h4-5,8-9,12,32H,6-7,10H2,1-3H3,(H,27,28,30)/q+1/t12-/m1/s1. The second-order valence-electron chi connectivity index (χ2n) is 8.07. The fraction of sp³-hybridized carbons (Fsp3) is 0.500. The molecule has 13 heteroatoms. The third-order valence-corrected chi connectivity index (χ3v) is 5.71. The third kappa shape index (κ3) is 5.18. The lowest BCUT2D eigenvalue weighted by atomic mass is 9.61. The van der Waals surface area contributed by atoms with Gasteiger partial charge in [-0.1, -0.05) is 13.8 Å². The van der Waals surface area contributed by atoms with E-state index < -0.39 is 41.3 Å². The summed E-state index contributed by atoms with van der Waals surface area (Å²) >= 11 is 0. The minimum Gasteiger partial charge on any atom is -0.396 e. The molecule has 1 aliphatic carbocycles. The summed E-state index contributed by atoms with van der Waals surface area (Å²) in [5.41, 5.74) is -2.52. The van der Waals surface area contributed by atoms with Crippen LogP contribution in [0.4, 0.5) is 38.1 Å². The number of hydrogen-bond donors (Lipinski definition) is 2. The lowest BCUT2D eigenvalue weighted by Crippen LogP contribution is -2.47. The van der Waals surface area contributed by atoms with Crippen LogP contribution < -0.4 is 14.9 Å². The van der Waals surface area contributed by atoms with Crippen molar-refractivity contribution in [3.63, 3.8) is 0 Å². The van der Waals surface area contributed by atoms with Crippen molar-refractivity contribution in [3.05, 3.63) is 41.3 Å². The average molecular weight is 478 g/mol. The molecule has 1 fully saturated rings. The van der Waals surface area contributed by atoms with Crippen LogP contribution in [-0.2, 0) is 18.9 Å². The van der Waals surface area contributed by atoms with Crippen LogP contribution in [0.15, 0.2) is 29.6 Å². The SMILES string of the molecule is CO[n+]1ccc(C(F)(F)F)c(CNc2ncc(C(F)(F)F)c(N=C3C[C@H](CO)C3(C)C)n2)c1. The highest BCUT2D eigenvalue weighted by Gasteiger charge is 2.45. The van der Waals surface area contributed by atoms with E-state index in [0.29, 0.717) is 18.3 Å². The molecule has 0 spiro atoms. The molecule has 0 aliphatic heterocycles. The zero-order chi connectivity index (χ0) is 24.6. The molecule has 0 saturated heterocycles. The molecule has 0 unspecified atom stereocenters. The number of pyridine rings is 1. The van der Waals surface area contributed by atoms with Gasteiger partial charge in [-0.05, 0) is 12.3 Å². The molecule has 2 aromatic rings. The molecule has 33 heavy (non-hydrogen) atoms. The molecular weight excluding hydrogens is 456 g/mol. The first-order valence-corrected chi connectivity index (χ1v) is 9.80. The summed E-state index contributed by atoms with van der Waals surface area (Å²) in [4.78, 5) is 16.4. The summed E-state index contributed by atoms with van der Waals surface area (Å²) in [6, 6.07) is 0.821. The van der Waals surface area contributed by atoms with E-state index in [1.54, 1.807) is 13.8 Å². The Morgan fingerprint density at radius 2 is 1.88 bits per heavy atom. The van der Waals surface area contributed by atoms with Crippen molar-refractivity contribution in [2.75, 3.05) is 19.0 Å². The molecule has 2 N–H and O–H groups in total. The Morgan fingerprint density at radius 3 is 2.42 bits per heavy atom. The molecule has 0 radical (unpaired) electrons. The molecule has 1 aliphatic rings. The van der Waals surface area contributed by atoms with Gasteiger partial charge in [-0.15, -0.1) is 0 Å². The second-order valence-corrected chi connectivity index (χ2v) is 8.07. The number of aliphatic hydroxyl groups excluding tert-OH is 1. The largest absolute Gasteiger partial charge is 0.421 e. The maximum atomic E-state index is 13.5. The van der Waals surface area contributed by atoms with Gasteiger partial charge in [0, 0.05) is 41.3 Å². The van der Waals surface area contributed by atoms with Crippen LogP contribution >= 0.6 is 0 Å². The summed E-state index contributed by atoms with van der Waals surface area (Å²) in [5.74, 6) is -1.11. The highest BCUT2D eigenvalue weighted by Crippen LogP contribution is 2.45. The van der Waals surface area contributed by atoms with Gasteiger partial charge >= 0.3 is 12.4 Å². The topological polar surface area (TPSA) is 83.5 Å². The van der Waals surface area contributed by atoms with Gasteiger partial charge in [0.2, 0.25) is 18.3 Å². The zero-order valence-corrected chi connectivity index (χ0v) is 17.9. The zero-order valence-electron chi connectivity index (χ0n) is 17.9. The molecule has 1 saturated carbocycles. The Kier molecular flexibility index (Phi) is 6.55. The molecule has 7 nitrogen and oxygen atoms in total. The molecule has 2 heterocycles. The van der Waals surface area contributed by atoms with Crippen molar-refractivity contribution in [3.8, 4) is 0 Å². The van der Waals surface area contributed by atoms with Crippen LogP contribution in [0.3, 0.4) is 0 Å². The maximum Gasteiger partial charge on any atom is 0.421 e. The third-order valence-electron chi connectivity index (χ3n) is 5.71. The monoisotopic (exact) mass is 478 g/mol. The van der Waals surface area contributed by atoms with Gasteiger partial charge in [-0.2, -0.15) is 31.3 Å². The average Bonchev–Trinajstić information content (AvgIpc) is 2.73. The number of rotatable bonds is 6. The van der Waals surface area contributed by atoms with Crippen molar-refractivity contribution in [2.24, 2.45) is 16.3 Å². The number of aliphatic imine (C=N–C) groups is 1. The quantitative estimate of drug-likeness (QED) is 0.490. The molecule has 180 valence electrons. The summed E-state index contributed by atoms with van der Waals surface area (Å²) in [6.07, 6.45) is -6.42. The number of alkyl halides is 6. The van der Waals surface area contributed by atoms with Crippen LogP contribution in [0, 0.1) is 11.3 Å². The summed E-state index contributed by atoms with van der Waals surface area (Å²) in [6.45, 7) is 2.94. The number of anilines is 1. The van der Waals surface area contributed by atoms with Crippen LogP contribution in [-0.4, -0.2) is 34.5 Å². The fourth-order valence-electron chi connectivity index (χ4n) is 3.44. The van der Waals surface area contributed by atoms with Gasteiger partial charge in [0.25, 0.3) is 0 Å². The van der Waals surface area contributed by atoms with Crippen molar-refractivity contribution in [1.29, 1.82) is 0 Å². The Labute approximate surface area is 185 Å². The normalized spacial score (nSPS) is 19.3. The van der Waals surface area contributed by atoms with Gasteiger partial charge in [-0.3, -0.25) is 4.84 Å². The summed E-state index contributed by atoms with van der Waals surface area (Å²) in [5, 5.41) is 11.9. The number of halogens is 6. The number of nitrogens with zero attached hydrogens (tertiary/aromatic N) is 4. The smallest absolute Gasteiger partial charge is 0.396 e. The van der Waals surface area contributed by atoms with E-state index in [0.717, 1.165) is 23.2 Å². The van der Waals surface area contributed by atoms with Crippen molar-refractivity contribution < 1.29 is 41.0 Å². The first-order chi connectivity index (χ1) is 15.3.